The summed E-state index contributed by atoms with van der Waals surface area (Å²) in [5, 5.41) is 12.7. The Morgan fingerprint density at radius 1 is 1.00 bits per heavy atom. The SMILES string of the molecule is CC1C=C(CNC(c2ccccc2)c2ccccc2)c2cccc(OCC(=O)O)c2C1. The van der Waals surface area contributed by atoms with Gasteiger partial charge in [-0.2, -0.15) is 0 Å². The van der Waals surface area contributed by atoms with Crippen LogP contribution in [-0.4, -0.2) is 24.2 Å². The highest BCUT2D eigenvalue weighted by Gasteiger charge is 2.22. The van der Waals surface area contributed by atoms with Gasteiger partial charge in [0.2, 0.25) is 0 Å². The minimum Gasteiger partial charge on any atom is -0.482 e. The first-order chi connectivity index (χ1) is 15.1. The van der Waals surface area contributed by atoms with Crippen molar-refractivity contribution in [3.63, 3.8) is 0 Å². The highest BCUT2D eigenvalue weighted by Crippen LogP contribution is 2.35. The number of allylic oxidation sites excluding steroid dienone is 1. The predicted molar refractivity (Wildman–Crippen MR) is 123 cm³/mol. The molecule has 0 aromatic heterocycles. The van der Waals surface area contributed by atoms with Gasteiger partial charge in [0.1, 0.15) is 5.75 Å². The Bertz CT molecular complexity index is 1020. The molecule has 0 heterocycles. The fourth-order valence-electron chi connectivity index (χ4n) is 4.25. The van der Waals surface area contributed by atoms with Crippen LogP contribution in [0.5, 0.6) is 5.75 Å². The van der Waals surface area contributed by atoms with E-state index in [1.54, 1.807) is 0 Å². The van der Waals surface area contributed by atoms with Crippen molar-refractivity contribution >= 4 is 11.5 Å². The lowest BCUT2D eigenvalue weighted by molar-refractivity contribution is -0.139. The fraction of sp³-hybridized carbons (Fsp3) is 0.222. The normalized spacial score (nSPS) is 15.3. The lowest BCUT2D eigenvalue weighted by Crippen LogP contribution is -2.26. The predicted octanol–water partition coefficient (Wildman–Crippen LogP) is 5.10. The van der Waals surface area contributed by atoms with E-state index in [1.807, 2.05) is 24.3 Å². The van der Waals surface area contributed by atoms with Crippen molar-refractivity contribution < 1.29 is 14.6 Å². The molecule has 1 aliphatic carbocycles. The number of aliphatic carboxylic acids is 1. The van der Waals surface area contributed by atoms with E-state index in [-0.39, 0.29) is 12.6 Å². The number of carbonyl (C=O) groups is 1. The number of carboxylic acids is 1. The first kappa shape index (κ1) is 20.9. The third kappa shape index (κ3) is 5.04. The Kier molecular flexibility index (Phi) is 6.48. The van der Waals surface area contributed by atoms with Gasteiger partial charge in [0.15, 0.2) is 6.61 Å². The van der Waals surface area contributed by atoms with E-state index in [9.17, 15) is 4.79 Å². The summed E-state index contributed by atoms with van der Waals surface area (Å²) in [6.45, 7) is 2.56. The molecule has 0 saturated carbocycles. The second-order valence-corrected chi connectivity index (χ2v) is 7.97. The van der Waals surface area contributed by atoms with Crippen molar-refractivity contribution in [2.75, 3.05) is 13.2 Å². The molecule has 3 aromatic rings. The van der Waals surface area contributed by atoms with Crippen molar-refractivity contribution in [1.29, 1.82) is 0 Å². The Morgan fingerprint density at radius 3 is 2.26 bits per heavy atom. The maximum Gasteiger partial charge on any atom is 0.341 e. The molecule has 4 nitrogen and oxygen atoms in total. The van der Waals surface area contributed by atoms with Crippen LogP contribution < -0.4 is 10.1 Å². The summed E-state index contributed by atoms with van der Waals surface area (Å²) in [7, 11) is 0. The largest absolute Gasteiger partial charge is 0.482 e. The summed E-state index contributed by atoms with van der Waals surface area (Å²) >= 11 is 0. The van der Waals surface area contributed by atoms with Gasteiger partial charge in [0.05, 0.1) is 6.04 Å². The summed E-state index contributed by atoms with van der Waals surface area (Å²) in [4.78, 5) is 11.0. The quantitative estimate of drug-likeness (QED) is 0.539. The minimum atomic E-state index is -0.965. The first-order valence-corrected chi connectivity index (χ1v) is 10.6. The van der Waals surface area contributed by atoms with Gasteiger partial charge in [-0.3, -0.25) is 0 Å². The Hall–Kier alpha value is -3.37. The van der Waals surface area contributed by atoms with Crippen molar-refractivity contribution in [2.24, 2.45) is 5.92 Å². The molecular weight excluding hydrogens is 386 g/mol. The molecule has 0 radical (unpaired) electrons. The van der Waals surface area contributed by atoms with Crippen molar-refractivity contribution in [1.82, 2.24) is 5.32 Å². The Labute approximate surface area is 183 Å². The number of hydrogen-bond acceptors (Lipinski definition) is 3. The Balaban J connectivity index is 1.60. The third-order valence-electron chi connectivity index (χ3n) is 5.60. The number of rotatable bonds is 8. The van der Waals surface area contributed by atoms with Crippen LogP contribution in [0.15, 0.2) is 84.9 Å². The molecular formula is C27H27NO3. The first-order valence-electron chi connectivity index (χ1n) is 10.6. The maximum atomic E-state index is 11.0. The molecule has 3 aromatic carbocycles. The van der Waals surface area contributed by atoms with Crippen LogP contribution in [0.3, 0.4) is 0 Å². The van der Waals surface area contributed by atoms with Crippen molar-refractivity contribution in [3.8, 4) is 5.75 Å². The average Bonchev–Trinajstić information content (AvgIpc) is 2.79. The molecule has 2 N–H and O–H groups in total. The van der Waals surface area contributed by atoms with Gasteiger partial charge < -0.3 is 15.2 Å². The van der Waals surface area contributed by atoms with Crippen LogP contribution in [0.25, 0.3) is 5.57 Å². The lowest BCUT2D eigenvalue weighted by Gasteiger charge is -2.26. The molecule has 1 unspecified atom stereocenters. The van der Waals surface area contributed by atoms with Crippen LogP contribution in [0, 0.1) is 5.92 Å². The van der Waals surface area contributed by atoms with E-state index >= 15 is 0 Å². The molecule has 4 heteroatoms. The van der Waals surface area contributed by atoms with Gasteiger partial charge in [-0.25, -0.2) is 4.79 Å². The van der Waals surface area contributed by atoms with E-state index in [1.165, 1.54) is 16.7 Å². The molecule has 1 aliphatic rings. The summed E-state index contributed by atoms with van der Waals surface area (Å²) in [5.74, 6) is 0.0539. The molecule has 0 fully saturated rings. The van der Waals surface area contributed by atoms with Crippen LogP contribution in [0.2, 0.25) is 0 Å². The zero-order valence-corrected chi connectivity index (χ0v) is 17.6. The zero-order chi connectivity index (χ0) is 21.6. The summed E-state index contributed by atoms with van der Waals surface area (Å²) in [6, 6.07) is 26.9. The second-order valence-electron chi connectivity index (χ2n) is 7.97. The minimum absolute atomic E-state index is 0.0791. The molecule has 31 heavy (non-hydrogen) atoms. The van der Waals surface area contributed by atoms with Crippen LogP contribution >= 0.6 is 0 Å². The number of carboxylic acid groups (broad SMARTS) is 1. The highest BCUT2D eigenvalue weighted by atomic mass is 16.5. The molecule has 1 atom stereocenters. The van der Waals surface area contributed by atoms with Gasteiger partial charge in [0.25, 0.3) is 0 Å². The highest BCUT2D eigenvalue weighted by molar-refractivity contribution is 5.74. The molecule has 0 aliphatic heterocycles. The van der Waals surface area contributed by atoms with Crippen molar-refractivity contribution in [3.05, 3.63) is 107 Å². The molecule has 0 amide bonds. The number of benzene rings is 3. The van der Waals surface area contributed by atoms with Gasteiger partial charge in [-0.1, -0.05) is 85.8 Å². The smallest absolute Gasteiger partial charge is 0.341 e. The topological polar surface area (TPSA) is 58.6 Å². The summed E-state index contributed by atoms with van der Waals surface area (Å²) in [5.41, 5.74) is 5.88. The summed E-state index contributed by atoms with van der Waals surface area (Å²) < 4.78 is 5.58. The van der Waals surface area contributed by atoms with E-state index < -0.39 is 5.97 Å². The molecule has 4 rings (SSSR count). The lowest BCUT2D eigenvalue weighted by atomic mass is 9.84. The van der Waals surface area contributed by atoms with Crippen LogP contribution in [0.4, 0.5) is 0 Å². The van der Waals surface area contributed by atoms with Gasteiger partial charge in [0, 0.05) is 12.1 Å². The number of nitrogens with one attached hydrogen (secondary N) is 1. The van der Waals surface area contributed by atoms with Gasteiger partial charge >= 0.3 is 5.97 Å². The third-order valence-corrected chi connectivity index (χ3v) is 5.60. The monoisotopic (exact) mass is 413 g/mol. The molecule has 0 spiro atoms. The average molecular weight is 414 g/mol. The van der Waals surface area contributed by atoms with Gasteiger partial charge in [-0.05, 0) is 40.7 Å². The maximum absolute atomic E-state index is 11.0. The molecule has 0 saturated heterocycles. The van der Waals surface area contributed by atoms with E-state index in [0.29, 0.717) is 18.2 Å². The van der Waals surface area contributed by atoms with Crippen LogP contribution in [-0.2, 0) is 11.2 Å². The standard InChI is InChI=1S/C27H27NO3/c1-19-15-22(23-13-8-14-25(24(23)16-19)31-18-26(29)30)17-28-27(20-9-4-2-5-10-20)21-11-6-3-7-12-21/h2-15,19,27-28H,16-18H2,1H3,(H,29,30). The van der Waals surface area contributed by atoms with Crippen molar-refractivity contribution in [2.45, 2.75) is 19.4 Å². The summed E-state index contributed by atoms with van der Waals surface area (Å²) in [6.07, 6.45) is 3.15. The zero-order valence-electron chi connectivity index (χ0n) is 17.6. The fourth-order valence-corrected chi connectivity index (χ4v) is 4.25. The molecule has 158 valence electrons. The van der Waals surface area contributed by atoms with E-state index in [4.69, 9.17) is 9.84 Å². The second kappa shape index (κ2) is 9.63. The number of fused-ring (bicyclic) bond motifs is 1. The van der Waals surface area contributed by atoms with E-state index in [0.717, 1.165) is 17.5 Å². The van der Waals surface area contributed by atoms with Crippen LogP contribution in [0.1, 0.15) is 35.2 Å². The van der Waals surface area contributed by atoms with Gasteiger partial charge in [-0.15, -0.1) is 0 Å². The Morgan fingerprint density at radius 2 is 1.65 bits per heavy atom. The number of ether oxygens (including phenoxy) is 1. The van der Waals surface area contributed by atoms with E-state index in [2.05, 4.69) is 72.9 Å². The molecule has 0 bridgehead atoms. The number of hydrogen-bond donors (Lipinski definition) is 2.